The van der Waals surface area contributed by atoms with Crippen LogP contribution in [0, 0.1) is 0 Å². The van der Waals surface area contributed by atoms with Gasteiger partial charge < -0.3 is 11.1 Å². The van der Waals surface area contributed by atoms with Crippen molar-refractivity contribution in [1.29, 1.82) is 0 Å². The van der Waals surface area contributed by atoms with Gasteiger partial charge >= 0.3 is 0 Å². The predicted molar refractivity (Wildman–Crippen MR) is 49.5 cm³/mol. The summed E-state index contributed by atoms with van der Waals surface area (Å²) in [7, 11) is 0. The van der Waals surface area contributed by atoms with Crippen molar-refractivity contribution < 1.29 is 4.79 Å². The van der Waals surface area contributed by atoms with Crippen molar-refractivity contribution in [2.24, 2.45) is 0 Å². The minimum Gasteiger partial charge on any atom is -0.394 e. The molecule has 0 unspecified atom stereocenters. The predicted octanol–water partition coefficient (Wildman–Crippen LogP) is -0.0327. The molecule has 0 aliphatic carbocycles. The molecule has 0 bridgehead atoms. The van der Waals surface area contributed by atoms with Gasteiger partial charge in [0, 0.05) is 6.20 Å². The average molecular weight is 192 g/mol. The summed E-state index contributed by atoms with van der Waals surface area (Å²) in [6.45, 7) is 0. The quantitative estimate of drug-likeness (QED) is 0.535. The third-order valence-electron chi connectivity index (χ3n) is 1.65. The van der Waals surface area contributed by atoms with E-state index in [-0.39, 0.29) is 5.91 Å². The molecule has 7 heteroatoms. The lowest BCUT2D eigenvalue weighted by Crippen LogP contribution is -2.13. The van der Waals surface area contributed by atoms with E-state index in [1.54, 1.807) is 6.07 Å². The summed E-state index contributed by atoms with van der Waals surface area (Å²) < 4.78 is 0. The highest BCUT2D eigenvalue weighted by Crippen LogP contribution is 2.12. The Kier molecular flexibility index (Phi) is 1.90. The average Bonchev–Trinajstić information content (AvgIpc) is 2.77. The number of anilines is 2. The minimum atomic E-state index is -0.321. The first-order valence-corrected chi connectivity index (χ1v) is 3.87. The van der Waals surface area contributed by atoms with Gasteiger partial charge in [0.1, 0.15) is 5.69 Å². The molecule has 0 aliphatic heterocycles. The van der Waals surface area contributed by atoms with Crippen molar-refractivity contribution in [3.63, 3.8) is 0 Å². The molecule has 0 aromatic carbocycles. The van der Waals surface area contributed by atoms with Crippen molar-refractivity contribution in [3.8, 4) is 0 Å². The van der Waals surface area contributed by atoms with Crippen LogP contribution in [-0.2, 0) is 0 Å². The summed E-state index contributed by atoms with van der Waals surface area (Å²) in [5, 5.41) is 14.9. The van der Waals surface area contributed by atoms with Gasteiger partial charge in [-0.25, -0.2) is 0 Å². The smallest absolute Gasteiger partial charge is 0.274 e. The number of nitrogen functional groups attached to an aromatic ring is 1. The number of nitrogens with two attached hydrogens (primary N) is 1. The molecule has 0 saturated carbocycles. The van der Waals surface area contributed by atoms with E-state index in [0.717, 1.165) is 0 Å². The summed E-state index contributed by atoms with van der Waals surface area (Å²) in [6, 6.07) is 1.56. The molecule has 0 fully saturated rings. The second kappa shape index (κ2) is 3.21. The first kappa shape index (κ1) is 8.30. The van der Waals surface area contributed by atoms with Crippen LogP contribution in [0.15, 0.2) is 18.5 Å². The van der Waals surface area contributed by atoms with E-state index >= 15 is 0 Å². The van der Waals surface area contributed by atoms with Crippen LogP contribution in [0.4, 0.5) is 11.5 Å². The number of H-pyrrole nitrogens is 2. The fourth-order valence-electron chi connectivity index (χ4n) is 0.959. The third kappa shape index (κ3) is 1.42. The van der Waals surface area contributed by atoms with Gasteiger partial charge in [0.25, 0.3) is 5.91 Å². The molecule has 14 heavy (non-hydrogen) atoms. The topological polar surface area (TPSA) is 112 Å². The Labute approximate surface area is 78.7 Å². The number of nitrogens with zero attached hydrogens (tertiary/aromatic N) is 2. The van der Waals surface area contributed by atoms with Gasteiger partial charge in [-0.3, -0.25) is 15.0 Å². The molecule has 72 valence electrons. The van der Waals surface area contributed by atoms with Crippen LogP contribution in [0.3, 0.4) is 0 Å². The van der Waals surface area contributed by atoms with Gasteiger partial charge in [-0.05, 0) is 6.07 Å². The van der Waals surface area contributed by atoms with E-state index in [1.807, 2.05) is 0 Å². The fraction of sp³-hybridized carbons (Fsp3) is 0. The lowest BCUT2D eigenvalue weighted by atomic mass is 10.4. The number of amides is 1. The number of carbonyl (C=O) groups is 1. The van der Waals surface area contributed by atoms with Gasteiger partial charge in [0.2, 0.25) is 0 Å². The Morgan fingerprint density at radius 1 is 1.43 bits per heavy atom. The standard InChI is InChI=1S/C7H8N6O/c8-4-3-10-13-6(4)11-7(14)5-1-2-9-12-5/h1-3H,8H2,(H,9,12)(H2,10,11,13,14). The maximum Gasteiger partial charge on any atom is 0.274 e. The zero-order valence-electron chi connectivity index (χ0n) is 7.11. The van der Waals surface area contributed by atoms with E-state index in [0.29, 0.717) is 17.2 Å². The van der Waals surface area contributed by atoms with Crippen molar-refractivity contribution in [2.75, 3.05) is 11.1 Å². The molecule has 0 saturated heterocycles. The molecule has 0 aliphatic rings. The number of carbonyl (C=O) groups excluding carboxylic acids is 1. The highest BCUT2D eigenvalue weighted by molar-refractivity contribution is 6.03. The Bertz CT molecular complexity index is 431. The summed E-state index contributed by atoms with van der Waals surface area (Å²) in [5.74, 6) is 0.0584. The molecule has 7 nitrogen and oxygen atoms in total. The molecule has 1 amide bonds. The Hall–Kier alpha value is -2.31. The normalized spacial score (nSPS) is 10.0. The maximum atomic E-state index is 11.4. The SMILES string of the molecule is Nc1cn[nH]c1NC(=O)c1ccn[nH]1. The number of nitrogens with one attached hydrogen (secondary N) is 3. The summed E-state index contributed by atoms with van der Waals surface area (Å²) in [6.07, 6.45) is 2.91. The van der Waals surface area contributed by atoms with Crippen LogP contribution in [0.5, 0.6) is 0 Å². The van der Waals surface area contributed by atoms with Gasteiger partial charge in [0.15, 0.2) is 5.82 Å². The lowest BCUT2D eigenvalue weighted by molar-refractivity contribution is 0.102. The monoisotopic (exact) mass is 192 g/mol. The van der Waals surface area contributed by atoms with E-state index in [2.05, 4.69) is 25.7 Å². The first-order valence-electron chi connectivity index (χ1n) is 3.87. The molecule has 0 atom stereocenters. The van der Waals surface area contributed by atoms with Crippen molar-refractivity contribution in [1.82, 2.24) is 20.4 Å². The van der Waals surface area contributed by atoms with Gasteiger partial charge in [-0.1, -0.05) is 0 Å². The van der Waals surface area contributed by atoms with Crippen LogP contribution in [0.2, 0.25) is 0 Å². The lowest BCUT2D eigenvalue weighted by Gasteiger charge is -2.00. The summed E-state index contributed by atoms with van der Waals surface area (Å²) in [5.41, 5.74) is 6.26. The second-order valence-electron chi connectivity index (χ2n) is 2.62. The van der Waals surface area contributed by atoms with Crippen LogP contribution in [0.1, 0.15) is 10.5 Å². The Morgan fingerprint density at radius 2 is 2.29 bits per heavy atom. The molecule has 0 spiro atoms. The van der Waals surface area contributed by atoms with E-state index < -0.39 is 0 Å². The van der Waals surface area contributed by atoms with Crippen molar-refractivity contribution in [2.45, 2.75) is 0 Å². The summed E-state index contributed by atoms with van der Waals surface area (Å²) in [4.78, 5) is 11.4. The number of aromatic nitrogens is 4. The third-order valence-corrected chi connectivity index (χ3v) is 1.65. The van der Waals surface area contributed by atoms with Gasteiger partial charge in [-0.15, -0.1) is 0 Å². The van der Waals surface area contributed by atoms with Crippen LogP contribution in [0.25, 0.3) is 0 Å². The van der Waals surface area contributed by atoms with E-state index in [9.17, 15) is 4.79 Å². The molecular formula is C7H8N6O. The van der Waals surface area contributed by atoms with Crippen LogP contribution < -0.4 is 11.1 Å². The number of hydrogen-bond donors (Lipinski definition) is 4. The molecular weight excluding hydrogens is 184 g/mol. The van der Waals surface area contributed by atoms with Gasteiger partial charge in [-0.2, -0.15) is 10.2 Å². The molecule has 2 aromatic rings. The molecule has 5 N–H and O–H groups in total. The van der Waals surface area contributed by atoms with Crippen LogP contribution >= 0.6 is 0 Å². The fourth-order valence-corrected chi connectivity index (χ4v) is 0.959. The first-order chi connectivity index (χ1) is 6.77. The molecule has 2 aromatic heterocycles. The summed E-state index contributed by atoms with van der Waals surface area (Å²) >= 11 is 0. The van der Waals surface area contributed by atoms with Crippen molar-refractivity contribution >= 4 is 17.4 Å². The Balaban J connectivity index is 2.13. The number of aromatic amines is 2. The second-order valence-corrected chi connectivity index (χ2v) is 2.62. The molecule has 0 radical (unpaired) electrons. The molecule has 2 rings (SSSR count). The number of hydrogen-bond acceptors (Lipinski definition) is 4. The molecule has 2 heterocycles. The zero-order chi connectivity index (χ0) is 9.97. The highest BCUT2D eigenvalue weighted by atomic mass is 16.2. The zero-order valence-corrected chi connectivity index (χ0v) is 7.11. The van der Waals surface area contributed by atoms with Gasteiger partial charge in [0.05, 0.1) is 11.9 Å². The largest absolute Gasteiger partial charge is 0.394 e. The van der Waals surface area contributed by atoms with E-state index in [1.165, 1.54) is 12.4 Å². The minimum absolute atomic E-state index is 0.321. The highest BCUT2D eigenvalue weighted by Gasteiger charge is 2.09. The van der Waals surface area contributed by atoms with Crippen LogP contribution in [-0.4, -0.2) is 26.3 Å². The number of rotatable bonds is 2. The van der Waals surface area contributed by atoms with Crippen molar-refractivity contribution in [3.05, 3.63) is 24.2 Å². The maximum absolute atomic E-state index is 11.4. The Morgan fingerprint density at radius 3 is 2.86 bits per heavy atom. The van der Waals surface area contributed by atoms with E-state index in [4.69, 9.17) is 5.73 Å².